The van der Waals surface area contributed by atoms with Crippen molar-refractivity contribution < 1.29 is 4.39 Å². The molecular formula is C15H22FN3. The number of anilines is 1. The predicted octanol–water partition coefficient (Wildman–Crippen LogP) is 4.14. The summed E-state index contributed by atoms with van der Waals surface area (Å²) in [5, 5.41) is 0. The molecule has 19 heavy (non-hydrogen) atoms. The van der Waals surface area contributed by atoms with Crippen LogP contribution in [0.2, 0.25) is 0 Å². The number of fused-ring (bicyclic) bond motifs is 1. The Balaban J connectivity index is 2.24. The van der Waals surface area contributed by atoms with Gasteiger partial charge >= 0.3 is 0 Å². The van der Waals surface area contributed by atoms with Gasteiger partial charge in [-0.15, -0.1) is 0 Å². The highest BCUT2D eigenvalue weighted by Crippen LogP contribution is 2.27. The molecule has 1 heterocycles. The van der Waals surface area contributed by atoms with Gasteiger partial charge in [0.2, 0.25) is 5.95 Å². The second-order valence-electron chi connectivity index (χ2n) is 5.62. The van der Waals surface area contributed by atoms with E-state index in [2.05, 4.69) is 25.8 Å². The predicted molar refractivity (Wildman–Crippen MR) is 77.5 cm³/mol. The Labute approximate surface area is 113 Å². The van der Waals surface area contributed by atoms with Crippen LogP contribution in [0.15, 0.2) is 18.2 Å². The minimum Gasteiger partial charge on any atom is -0.369 e. The average molecular weight is 263 g/mol. The van der Waals surface area contributed by atoms with Gasteiger partial charge in [-0.1, -0.05) is 32.8 Å². The lowest BCUT2D eigenvalue weighted by atomic mass is 10.0. The minimum atomic E-state index is -0.308. The fraction of sp³-hybridized carbons (Fsp3) is 0.533. The van der Waals surface area contributed by atoms with Crippen LogP contribution in [0, 0.1) is 11.7 Å². The van der Waals surface area contributed by atoms with Gasteiger partial charge in [-0.2, -0.15) is 0 Å². The molecule has 0 saturated heterocycles. The summed E-state index contributed by atoms with van der Waals surface area (Å²) >= 11 is 0. The van der Waals surface area contributed by atoms with Crippen molar-refractivity contribution in [2.24, 2.45) is 5.92 Å². The number of nitrogen functional groups attached to an aromatic ring is 1. The monoisotopic (exact) mass is 263 g/mol. The highest BCUT2D eigenvalue weighted by molar-refractivity contribution is 5.79. The first-order chi connectivity index (χ1) is 9.00. The second-order valence-corrected chi connectivity index (χ2v) is 5.62. The molecule has 2 rings (SSSR count). The number of halogens is 1. The Morgan fingerprint density at radius 1 is 1.26 bits per heavy atom. The lowest BCUT2D eigenvalue weighted by Gasteiger charge is -2.16. The Bertz CT molecular complexity index is 560. The van der Waals surface area contributed by atoms with Crippen LogP contribution in [-0.2, 0) is 0 Å². The summed E-state index contributed by atoms with van der Waals surface area (Å²) in [6, 6.07) is 5.24. The molecule has 0 radical (unpaired) electrons. The molecule has 3 nitrogen and oxygen atoms in total. The molecular weight excluding hydrogens is 241 g/mol. The van der Waals surface area contributed by atoms with Crippen molar-refractivity contribution in [1.82, 2.24) is 9.55 Å². The summed E-state index contributed by atoms with van der Waals surface area (Å²) in [6.45, 7) is 6.56. The van der Waals surface area contributed by atoms with Crippen molar-refractivity contribution in [3.8, 4) is 0 Å². The molecule has 0 bridgehead atoms. The molecule has 2 N–H and O–H groups in total. The first kappa shape index (κ1) is 13.8. The topological polar surface area (TPSA) is 43.8 Å². The molecule has 4 heteroatoms. The molecule has 2 aromatic rings. The number of rotatable bonds is 5. The maximum absolute atomic E-state index is 13.7. The third-order valence-corrected chi connectivity index (χ3v) is 3.54. The molecule has 0 aliphatic carbocycles. The van der Waals surface area contributed by atoms with Gasteiger partial charge in [-0.05, 0) is 31.4 Å². The molecule has 1 atom stereocenters. The van der Waals surface area contributed by atoms with Crippen LogP contribution < -0.4 is 5.73 Å². The van der Waals surface area contributed by atoms with E-state index < -0.39 is 0 Å². The summed E-state index contributed by atoms with van der Waals surface area (Å²) in [4.78, 5) is 4.14. The smallest absolute Gasteiger partial charge is 0.201 e. The first-order valence-electron chi connectivity index (χ1n) is 6.92. The maximum Gasteiger partial charge on any atom is 0.201 e. The van der Waals surface area contributed by atoms with Crippen molar-refractivity contribution in [3.63, 3.8) is 0 Å². The van der Waals surface area contributed by atoms with Crippen LogP contribution in [-0.4, -0.2) is 9.55 Å². The zero-order valence-corrected chi connectivity index (χ0v) is 11.9. The van der Waals surface area contributed by atoms with Crippen molar-refractivity contribution in [1.29, 1.82) is 0 Å². The molecule has 0 fully saturated rings. The van der Waals surface area contributed by atoms with Gasteiger partial charge in [0, 0.05) is 6.04 Å². The number of para-hydroxylation sites is 1. The number of nitrogens with zero attached hydrogens (tertiary/aromatic N) is 2. The van der Waals surface area contributed by atoms with E-state index in [9.17, 15) is 4.39 Å². The number of imidazole rings is 1. The lowest BCUT2D eigenvalue weighted by molar-refractivity contribution is 0.457. The van der Waals surface area contributed by atoms with Crippen LogP contribution in [0.1, 0.15) is 46.1 Å². The van der Waals surface area contributed by atoms with Crippen LogP contribution in [0.25, 0.3) is 11.0 Å². The SMILES string of the molecule is CC(C)CCCC(C)n1c(N)nc2c(F)cccc21. The van der Waals surface area contributed by atoms with Crippen LogP contribution in [0.3, 0.4) is 0 Å². The highest BCUT2D eigenvalue weighted by atomic mass is 19.1. The number of hydrogen-bond donors (Lipinski definition) is 1. The minimum absolute atomic E-state index is 0.241. The Morgan fingerprint density at radius 3 is 2.68 bits per heavy atom. The second kappa shape index (κ2) is 5.59. The van der Waals surface area contributed by atoms with Gasteiger partial charge in [-0.3, -0.25) is 0 Å². The third-order valence-electron chi connectivity index (χ3n) is 3.54. The zero-order chi connectivity index (χ0) is 14.0. The van der Waals surface area contributed by atoms with Gasteiger partial charge in [0.25, 0.3) is 0 Å². The summed E-state index contributed by atoms with van der Waals surface area (Å²) in [6.07, 6.45) is 3.38. The molecule has 1 aromatic carbocycles. The summed E-state index contributed by atoms with van der Waals surface area (Å²) in [5.74, 6) is 0.802. The molecule has 104 valence electrons. The molecule has 0 saturated carbocycles. The largest absolute Gasteiger partial charge is 0.369 e. The van der Waals surface area contributed by atoms with E-state index in [1.165, 1.54) is 12.5 Å². The molecule has 0 aliphatic rings. The van der Waals surface area contributed by atoms with Crippen LogP contribution in [0.5, 0.6) is 0 Å². The van der Waals surface area contributed by atoms with E-state index >= 15 is 0 Å². The van der Waals surface area contributed by atoms with Crippen molar-refractivity contribution in [2.75, 3.05) is 5.73 Å². The average Bonchev–Trinajstić information content (AvgIpc) is 2.66. The highest BCUT2D eigenvalue weighted by Gasteiger charge is 2.15. The van der Waals surface area contributed by atoms with Crippen LogP contribution >= 0.6 is 0 Å². The normalized spacial score (nSPS) is 13.3. The summed E-state index contributed by atoms with van der Waals surface area (Å²) < 4.78 is 15.6. The number of hydrogen-bond acceptors (Lipinski definition) is 2. The third kappa shape index (κ3) is 2.88. The van der Waals surface area contributed by atoms with E-state index in [-0.39, 0.29) is 11.9 Å². The van der Waals surface area contributed by atoms with Crippen molar-refractivity contribution in [3.05, 3.63) is 24.0 Å². The fourth-order valence-corrected chi connectivity index (χ4v) is 2.51. The van der Waals surface area contributed by atoms with Gasteiger partial charge < -0.3 is 10.3 Å². The summed E-state index contributed by atoms with van der Waals surface area (Å²) in [5.41, 5.74) is 7.10. The number of benzene rings is 1. The van der Waals surface area contributed by atoms with Crippen molar-refractivity contribution in [2.45, 2.75) is 46.1 Å². The lowest BCUT2D eigenvalue weighted by Crippen LogP contribution is -2.09. The Hall–Kier alpha value is -1.58. The quantitative estimate of drug-likeness (QED) is 0.880. The Kier molecular flexibility index (Phi) is 4.08. The van der Waals surface area contributed by atoms with E-state index in [1.54, 1.807) is 6.07 Å². The van der Waals surface area contributed by atoms with Gasteiger partial charge in [0.15, 0.2) is 5.82 Å². The molecule has 0 spiro atoms. The molecule has 0 amide bonds. The molecule has 1 unspecified atom stereocenters. The van der Waals surface area contributed by atoms with Gasteiger partial charge in [-0.25, -0.2) is 9.37 Å². The van der Waals surface area contributed by atoms with Gasteiger partial charge in [0.1, 0.15) is 5.52 Å². The first-order valence-corrected chi connectivity index (χ1v) is 6.92. The summed E-state index contributed by atoms with van der Waals surface area (Å²) in [7, 11) is 0. The fourth-order valence-electron chi connectivity index (χ4n) is 2.51. The number of nitrogens with two attached hydrogens (primary N) is 1. The zero-order valence-electron chi connectivity index (χ0n) is 11.9. The van der Waals surface area contributed by atoms with Crippen molar-refractivity contribution >= 4 is 17.0 Å². The van der Waals surface area contributed by atoms with E-state index in [4.69, 9.17) is 5.73 Å². The standard InChI is InChI=1S/C15H22FN3/c1-10(2)6-4-7-11(3)19-13-9-5-8-12(16)14(13)18-15(19)17/h5,8-11H,4,6-7H2,1-3H3,(H2,17,18). The molecule has 1 aromatic heterocycles. The maximum atomic E-state index is 13.7. The van der Waals surface area contributed by atoms with E-state index in [0.717, 1.165) is 18.4 Å². The van der Waals surface area contributed by atoms with Crippen LogP contribution in [0.4, 0.5) is 10.3 Å². The molecule has 0 aliphatic heterocycles. The van der Waals surface area contributed by atoms with E-state index in [0.29, 0.717) is 17.4 Å². The van der Waals surface area contributed by atoms with Gasteiger partial charge in [0.05, 0.1) is 5.52 Å². The Morgan fingerprint density at radius 2 is 2.00 bits per heavy atom. The number of aromatic nitrogens is 2. The van der Waals surface area contributed by atoms with E-state index in [1.807, 2.05) is 10.6 Å².